The Morgan fingerprint density at radius 2 is 2.13 bits per heavy atom. The molecule has 0 bridgehead atoms. The molecule has 15 heavy (non-hydrogen) atoms. The standard InChI is InChI=1S/C9H11F3INS/c10-9(11,12)3-1-2-7(14)6-4-8(13)15-5-6/h4-5,7H,1-3,14H2. The zero-order valence-corrected chi connectivity index (χ0v) is 10.8. The van der Waals surface area contributed by atoms with Crippen LogP contribution in [0.15, 0.2) is 11.4 Å². The van der Waals surface area contributed by atoms with Crippen molar-refractivity contribution in [2.75, 3.05) is 0 Å². The second kappa shape index (κ2) is 5.49. The molecule has 0 radical (unpaired) electrons. The van der Waals surface area contributed by atoms with Gasteiger partial charge in [0.1, 0.15) is 0 Å². The molecule has 0 aromatic carbocycles. The Morgan fingerprint density at radius 3 is 2.60 bits per heavy atom. The van der Waals surface area contributed by atoms with E-state index in [0.29, 0.717) is 6.42 Å². The first-order valence-corrected chi connectivity index (χ1v) is 6.40. The van der Waals surface area contributed by atoms with Crippen molar-refractivity contribution in [2.24, 2.45) is 5.73 Å². The maximum Gasteiger partial charge on any atom is 0.389 e. The number of hydrogen-bond donors (Lipinski definition) is 1. The van der Waals surface area contributed by atoms with Gasteiger partial charge >= 0.3 is 6.18 Å². The van der Waals surface area contributed by atoms with Crippen LogP contribution in [0, 0.1) is 2.88 Å². The molecule has 1 unspecified atom stereocenters. The number of thiophene rings is 1. The van der Waals surface area contributed by atoms with Crippen molar-refractivity contribution in [3.8, 4) is 0 Å². The van der Waals surface area contributed by atoms with E-state index in [1.807, 2.05) is 11.4 Å². The molecule has 0 saturated heterocycles. The molecule has 0 fully saturated rings. The molecule has 0 aliphatic heterocycles. The molecule has 1 rings (SSSR count). The molecule has 1 atom stereocenters. The summed E-state index contributed by atoms with van der Waals surface area (Å²) in [5.74, 6) is 0. The molecule has 0 aliphatic carbocycles. The molecule has 1 aromatic rings. The highest BCUT2D eigenvalue weighted by molar-refractivity contribution is 14.1. The zero-order valence-electron chi connectivity index (χ0n) is 7.85. The van der Waals surface area contributed by atoms with Gasteiger partial charge in [0.25, 0.3) is 0 Å². The average molecular weight is 349 g/mol. The summed E-state index contributed by atoms with van der Waals surface area (Å²) in [6.45, 7) is 0. The van der Waals surface area contributed by atoms with E-state index in [1.54, 1.807) is 11.3 Å². The molecular formula is C9H11F3INS. The molecule has 0 amide bonds. The van der Waals surface area contributed by atoms with Crippen LogP contribution < -0.4 is 5.73 Å². The monoisotopic (exact) mass is 349 g/mol. The van der Waals surface area contributed by atoms with Gasteiger partial charge in [-0.2, -0.15) is 13.2 Å². The molecule has 0 aliphatic rings. The van der Waals surface area contributed by atoms with E-state index in [9.17, 15) is 13.2 Å². The number of nitrogens with two attached hydrogens (primary N) is 1. The summed E-state index contributed by atoms with van der Waals surface area (Å²) in [5.41, 5.74) is 6.71. The summed E-state index contributed by atoms with van der Waals surface area (Å²) in [4.78, 5) is 0. The lowest BCUT2D eigenvalue weighted by Crippen LogP contribution is -2.12. The minimum Gasteiger partial charge on any atom is -0.324 e. The fraction of sp³-hybridized carbons (Fsp3) is 0.556. The van der Waals surface area contributed by atoms with E-state index >= 15 is 0 Å². The van der Waals surface area contributed by atoms with Crippen molar-refractivity contribution in [1.82, 2.24) is 0 Å². The summed E-state index contributed by atoms with van der Waals surface area (Å²) in [6, 6.07) is 1.65. The van der Waals surface area contributed by atoms with Crippen LogP contribution in [0.4, 0.5) is 13.2 Å². The van der Waals surface area contributed by atoms with Crippen LogP contribution in [0.2, 0.25) is 0 Å². The zero-order chi connectivity index (χ0) is 11.5. The first-order chi connectivity index (χ1) is 6.88. The highest BCUT2D eigenvalue weighted by Crippen LogP contribution is 2.27. The number of alkyl halides is 3. The summed E-state index contributed by atoms with van der Waals surface area (Å²) in [5, 5.41) is 1.90. The van der Waals surface area contributed by atoms with E-state index in [-0.39, 0.29) is 12.5 Å². The maximum atomic E-state index is 11.9. The molecule has 2 N–H and O–H groups in total. The van der Waals surface area contributed by atoms with Crippen LogP contribution in [0.25, 0.3) is 0 Å². The Labute approximate surface area is 104 Å². The van der Waals surface area contributed by atoms with Crippen molar-refractivity contribution in [3.63, 3.8) is 0 Å². The highest BCUT2D eigenvalue weighted by atomic mass is 127. The minimum absolute atomic E-state index is 0.0943. The minimum atomic E-state index is -4.07. The van der Waals surface area contributed by atoms with Gasteiger partial charge in [-0.25, -0.2) is 0 Å². The van der Waals surface area contributed by atoms with Gasteiger partial charge in [0.15, 0.2) is 0 Å². The summed E-state index contributed by atoms with van der Waals surface area (Å²) < 4.78 is 36.7. The van der Waals surface area contributed by atoms with Gasteiger partial charge in [-0.15, -0.1) is 11.3 Å². The van der Waals surface area contributed by atoms with Crippen LogP contribution >= 0.6 is 33.9 Å². The van der Waals surface area contributed by atoms with Crippen molar-refractivity contribution in [2.45, 2.75) is 31.5 Å². The summed E-state index contributed by atoms with van der Waals surface area (Å²) >= 11 is 3.72. The van der Waals surface area contributed by atoms with Gasteiger partial charge in [-0.05, 0) is 52.4 Å². The molecular weight excluding hydrogens is 338 g/mol. The van der Waals surface area contributed by atoms with Gasteiger partial charge in [-0.1, -0.05) is 0 Å². The largest absolute Gasteiger partial charge is 0.389 e. The lowest BCUT2D eigenvalue weighted by atomic mass is 10.1. The second-order valence-corrected chi connectivity index (χ2v) is 6.10. The SMILES string of the molecule is NC(CCCC(F)(F)F)c1csc(I)c1. The normalized spacial score (nSPS) is 14.2. The average Bonchev–Trinajstić information content (AvgIpc) is 2.49. The van der Waals surface area contributed by atoms with E-state index in [4.69, 9.17) is 5.73 Å². The molecule has 0 saturated carbocycles. The first kappa shape index (κ1) is 13.2. The smallest absolute Gasteiger partial charge is 0.324 e. The van der Waals surface area contributed by atoms with Gasteiger partial charge in [0.2, 0.25) is 0 Å². The fourth-order valence-corrected chi connectivity index (χ4v) is 2.64. The van der Waals surface area contributed by atoms with Gasteiger partial charge in [0.05, 0.1) is 2.88 Å². The van der Waals surface area contributed by atoms with Gasteiger partial charge < -0.3 is 5.73 Å². The molecule has 1 heterocycles. The molecule has 1 nitrogen and oxygen atoms in total. The van der Waals surface area contributed by atoms with Crippen LogP contribution in [0.1, 0.15) is 30.9 Å². The Bertz CT molecular complexity index is 311. The Hall–Kier alpha value is 0.180. The third kappa shape index (κ3) is 5.17. The highest BCUT2D eigenvalue weighted by Gasteiger charge is 2.26. The van der Waals surface area contributed by atoms with Crippen LogP contribution in [0.5, 0.6) is 0 Å². The van der Waals surface area contributed by atoms with Gasteiger partial charge in [0, 0.05) is 12.5 Å². The third-order valence-corrected chi connectivity index (χ3v) is 3.80. The van der Waals surface area contributed by atoms with E-state index < -0.39 is 12.6 Å². The second-order valence-electron chi connectivity index (χ2n) is 3.30. The van der Waals surface area contributed by atoms with E-state index in [2.05, 4.69) is 22.6 Å². The van der Waals surface area contributed by atoms with E-state index in [1.165, 1.54) is 0 Å². The molecule has 86 valence electrons. The Balaban J connectivity index is 2.34. The third-order valence-electron chi connectivity index (χ3n) is 1.99. The molecule has 6 heteroatoms. The molecule has 0 spiro atoms. The molecule has 1 aromatic heterocycles. The quantitative estimate of drug-likeness (QED) is 0.815. The predicted molar refractivity (Wildman–Crippen MR) is 63.9 cm³/mol. The fourth-order valence-electron chi connectivity index (χ4n) is 1.21. The Kier molecular flexibility index (Phi) is 4.85. The lowest BCUT2D eigenvalue weighted by Gasteiger charge is -2.10. The van der Waals surface area contributed by atoms with Crippen LogP contribution in [0.3, 0.4) is 0 Å². The van der Waals surface area contributed by atoms with Crippen molar-refractivity contribution < 1.29 is 13.2 Å². The van der Waals surface area contributed by atoms with Crippen molar-refractivity contribution in [1.29, 1.82) is 0 Å². The van der Waals surface area contributed by atoms with Crippen LogP contribution in [-0.2, 0) is 0 Å². The van der Waals surface area contributed by atoms with Crippen LogP contribution in [-0.4, -0.2) is 6.18 Å². The van der Waals surface area contributed by atoms with Gasteiger partial charge in [-0.3, -0.25) is 0 Å². The number of hydrogen-bond acceptors (Lipinski definition) is 2. The maximum absolute atomic E-state index is 11.9. The number of rotatable bonds is 4. The Morgan fingerprint density at radius 1 is 1.47 bits per heavy atom. The van der Waals surface area contributed by atoms with Crippen molar-refractivity contribution in [3.05, 3.63) is 19.9 Å². The van der Waals surface area contributed by atoms with Crippen molar-refractivity contribution >= 4 is 33.9 Å². The lowest BCUT2D eigenvalue weighted by molar-refractivity contribution is -0.135. The first-order valence-electron chi connectivity index (χ1n) is 4.45. The number of halogens is 4. The predicted octanol–water partition coefficient (Wildman–Crippen LogP) is 4.09. The summed E-state index contributed by atoms with van der Waals surface area (Å²) in [6.07, 6.45) is -4.34. The summed E-state index contributed by atoms with van der Waals surface area (Å²) in [7, 11) is 0. The van der Waals surface area contributed by atoms with E-state index in [0.717, 1.165) is 8.45 Å². The topological polar surface area (TPSA) is 26.0 Å².